The van der Waals surface area contributed by atoms with Crippen LogP contribution in [0.1, 0.15) is 122 Å². The van der Waals surface area contributed by atoms with Crippen LogP contribution in [0.25, 0.3) is 88.1 Å². The number of aliphatic hydroxyl groups is 4. The quantitative estimate of drug-likeness (QED) is 0.0540. The van der Waals surface area contributed by atoms with Gasteiger partial charge in [-0.25, -0.2) is 44.9 Å². The highest BCUT2D eigenvalue weighted by atomic mass is 16.3. The lowest BCUT2D eigenvalue weighted by molar-refractivity contribution is -0.131. The number of nitrogen functional groups attached to an aromatic ring is 4. The zero-order valence-corrected chi connectivity index (χ0v) is 80.5. The third-order valence-electron chi connectivity index (χ3n) is 28.9. The number of amides is 3. The maximum absolute atomic E-state index is 12.2. The van der Waals surface area contributed by atoms with Crippen LogP contribution in [0.15, 0.2) is 135 Å². The Kier molecular flexibility index (Phi) is 24.5. The Bertz CT molecular complexity index is 7790. The summed E-state index contributed by atoms with van der Waals surface area (Å²) >= 11 is 0. The highest BCUT2D eigenvalue weighted by Gasteiger charge is 2.31. The third kappa shape index (κ3) is 18.7. The van der Waals surface area contributed by atoms with E-state index in [0.717, 1.165) is 273 Å². The van der Waals surface area contributed by atoms with Gasteiger partial charge in [0.15, 0.2) is 23.3 Å². The number of fused-ring (bicyclic) bond motifs is 13. The van der Waals surface area contributed by atoms with Crippen molar-refractivity contribution >= 4 is 131 Å². The highest BCUT2D eigenvalue weighted by Crippen LogP contribution is 2.41. The third-order valence-corrected chi connectivity index (χ3v) is 28.9. The predicted octanol–water partition coefficient (Wildman–Crippen LogP) is 9.99. The summed E-state index contributed by atoms with van der Waals surface area (Å²) in [5, 5.41) is 81.7. The molecule has 0 radical (unpaired) electrons. The molecule has 732 valence electrons. The summed E-state index contributed by atoms with van der Waals surface area (Å²) in [5.74, 6) is 7.90. The summed E-state index contributed by atoms with van der Waals surface area (Å²) in [5.41, 5.74) is 49.1. The smallest absolute Gasteiger partial charge is 0.244 e. The first kappa shape index (κ1) is 92.6. The molecule has 0 unspecified atom stereocenters. The van der Waals surface area contributed by atoms with Gasteiger partial charge in [-0.15, -0.1) is 0 Å². The maximum atomic E-state index is 12.2. The number of carbonyl (C=O) groups excluding carboxylic acids is 3. The summed E-state index contributed by atoms with van der Waals surface area (Å²) in [4.78, 5) is 99.5. The molecule has 0 saturated carbocycles. The Hall–Kier alpha value is -16.5. The molecule has 8 aliphatic rings. The van der Waals surface area contributed by atoms with E-state index in [1.807, 2.05) is 123 Å². The average Bonchev–Trinajstić information content (AvgIpc) is 1.77. The minimum absolute atomic E-state index is 0.0424. The van der Waals surface area contributed by atoms with E-state index in [4.69, 9.17) is 28.0 Å². The molecule has 40 nitrogen and oxygen atoms in total. The molecule has 0 bridgehead atoms. The highest BCUT2D eigenvalue weighted by molar-refractivity contribution is 5.99. The number of nitrogens with two attached hydrogens (primary N) is 4. The predicted molar refractivity (Wildman–Crippen MR) is 546 cm³/mol. The van der Waals surface area contributed by atoms with Gasteiger partial charge >= 0.3 is 0 Å². The van der Waals surface area contributed by atoms with Gasteiger partial charge < -0.3 is 84.3 Å². The van der Waals surface area contributed by atoms with Crippen molar-refractivity contribution in [3.05, 3.63) is 231 Å². The number of hydrogen-bond acceptors (Lipinski definition) is 32. The first-order chi connectivity index (χ1) is 69.7. The monoisotopic (exact) mass is 1930 g/mol. The van der Waals surface area contributed by atoms with Crippen molar-refractivity contribution in [2.24, 2.45) is 0 Å². The zero-order valence-electron chi connectivity index (χ0n) is 80.5. The number of nitrogens with zero attached hydrogens (tertiary/aromatic N) is 24. The molecule has 17 aromatic rings. The Morgan fingerprint density at radius 3 is 0.965 bits per heavy atom. The van der Waals surface area contributed by atoms with Gasteiger partial charge in [-0.05, 0) is 194 Å². The minimum atomic E-state index is -0.334. The molecule has 0 aromatic carbocycles. The van der Waals surface area contributed by atoms with Crippen LogP contribution in [0.4, 0.5) is 69.8 Å². The van der Waals surface area contributed by atoms with Crippen molar-refractivity contribution in [1.82, 2.24) is 124 Å². The molecule has 3 amide bonds. The van der Waals surface area contributed by atoms with E-state index in [9.17, 15) is 34.8 Å². The second-order valence-corrected chi connectivity index (χ2v) is 38.4. The molecule has 17 aromatic heterocycles. The van der Waals surface area contributed by atoms with Crippen molar-refractivity contribution in [2.75, 3.05) is 77.9 Å². The number of likely N-dealkylation sites (N-methyl/N-ethyl adjacent to an activating group) is 2. The minimum Gasteiger partial charge on any atom is -0.393 e. The second-order valence-electron chi connectivity index (χ2n) is 38.4. The number of rotatable bonds is 12. The van der Waals surface area contributed by atoms with Crippen molar-refractivity contribution in [3.8, 4) is 45.0 Å². The number of anilines is 12. The van der Waals surface area contributed by atoms with E-state index < -0.39 is 0 Å². The van der Waals surface area contributed by atoms with Crippen molar-refractivity contribution < 1.29 is 34.8 Å². The molecule has 0 saturated heterocycles. The van der Waals surface area contributed by atoms with E-state index in [1.165, 1.54) is 0 Å². The first-order valence-electron chi connectivity index (χ1n) is 48.6. The SMILES string of the molecule is Cc1c(-c2cc3cc(Nc4cc5n(n4)CC(=O)N(C)CC5)ncc3c(N)n2)cnc2c1C[C@@H](O)CC2.Cc1c(-c2cc3cc(Nc4cc5n(n4)CC(=O)N(C)CC5)ncc3c(N)n2)cnc2c1C[C@H](O)CC2.Cc1c(-c2cc3cc(Nc4cc5n(n4)CC(=O)NCC5)ncc3c(N)n2)cnc2c1C[C@@H](O)CC2.Cc1c(-c2cc3cc(Nc4cc5n(n4)Cc4nccn4CC5)ncc3c(N)n2)cnc2c1C[C@H](O)CC2. The van der Waals surface area contributed by atoms with Crippen LogP contribution in [0, 0.1) is 27.7 Å². The lowest BCUT2D eigenvalue weighted by Crippen LogP contribution is -2.29. The fourth-order valence-corrected chi connectivity index (χ4v) is 20.7. The molecule has 4 atom stereocenters. The average molecular weight is 1930 g/mol. The van der Waals surface area contributed by atoms with Crippen LogP contribution in [0.5, 0.6) is 0 Å². The van der Waals surface area contributed by atoms with E-state index in [1.54, 1.807) is 48.6 Å². The standard InChI is InChI=1S/C27H27N9O.2C26H28N8O2.C25H26N8O2/c1-15-19-11-18(37)2-3-22(19)30-12-20(15)23-8-16-9-24(31-13-21(16)27(28)32-23)33-25-10-17-4-6-35-7-5-29-26(35)14-36(17)34-25;2*1-14-18-10-17(35)3-4-21(18)28-11-19(14)22-7-15-8-23(29-12-20(15)26(27)30-22)31-24-9-16-5-6-33(2)25(36)13-34(16)32-24;1-13-17-9-16(34)2-3-20(17)28-10-18(13)21-6-14-7-22(29-11-19(14)25(26)30-21)31-23-8-15-4-5-27-24(35)12-33(15)32-23/h5,7-10,12-13,18,37H,2-4,6,11,14H2,1H3,(H2,28,32)(H,31,33,34);2*7-9,11-12,17,35H,3-6,10,13H2,1-2H3,(H2,27,30)(H,29,31,32);6-8,10-11,16,34H,2-5,9,12H2,1H3,(H2,26,30)(H,27,35)(H,29,31,32)/t18-;2*17-;16-/m1100/s1. The van der Waals surface area contributed by atoms with Crippen LogP contribution in [0.2, 0.25) is 0 Å². The second kappa shape index (κ2) is 38.2. The number of aryl methyl sites for hydroxylation is 6. The molecule has 21 heterocycles. The molecule has 25 rings (SSSR count). The number of hydrogen-bond donors (Lipinski definition) is 13. The molecule has 4 aliphatic carbocycles. The molecule has 4 aliphatic heterocycles. The molecule has 0 spiro atoms. The molecule has 144 heavy (non-hydrogen) atoms. The van der Waals surface area contributed by atoms with Crippen LogP contribution in [0.3, 0.4) is 0 Å². The van der Waals surface area contributed by atoms with Crippen LogP contribution in [-0.2, 0) is 124 Å². The Balaban J connectivity index is 0.000000110. The lowest BCUT2D eigenvalue weighted by atomic mass is 9.88. The van der Waals surface area contributed by atoms with E-state index >= 15 is 0 Å². The van der Waals surface area contributed by atoms with Gasteiger partial charge in [0.25, 0.3) is 0 Å². The lowest BCUT2D eigenvalue weighted by Gasteiger charge is -2.23. The van der Waals surface area contributed by atoms with Crippen LogP contribution < -0.4 is 49.5 Å². The Morgan fingerprint density at radius 2 is 0.639 bits per heavy atom. The summed E-state index contributed by atoms with van der Waals surface area (Å²) in [6, 6.07) is 23.7. The molecule has 17 N–H and O–H groups in total. The van der Waals surface area contributed by atoms with Gasteiger partial charge in [-0.3, -0.25) is 53.0 Å². The fraction of sp³-hybridized carbons (Fsp3) is 0.327. The number of aliphatic hydroxyl groups excluding tert-OH is 4. The molecular weight excluding hydrogens is 1820 g/mol. The van der Waals surface area contributed by atoms with Crippen LogP contribution >= 0.6 is 0 Å². The topological polar surface area (TPSA) is 547 Å². The van der Waals surface area contributed by atoms with E-state index in [2.05, 4.69) is 145 Å². The van der Waals surface area contributed by atoms with Gasteiger partial charge in [0, 0.05) is 267 Å². The largest absolute Gasteiger partial charge is 0.393 e. The number of imidazole rings is 1. The van der Waals surface area contributed by atoms with Gasteiger partial charge in [-0.1, -0.05) is 0 Å². The van der Waals surface area contributed by atoms with Gasteiger partial charge in [0.05, 0.1) is 53.7 Å². The summed E-state index contributed by atoms with van der Waals surface area (Å²) in [6.07, 6.45) is 28.6. The Labute approximate surface area is 825 Å². The summed E-state index contributed by atoms with van der Waals surface area (Å²) < 4.78 is 9.38. The van der Waals surface area contributed by atoms with Crippen molar-refractivity contribution in [1.29, 1.82) is 0 Å². The number of aromatic nitrogens is 22. The van der Waals surface area contributed by atoms with Crippen molar-refractivity contribution in [3.63, 3.8) is 0 Å². The number of carbonyl (C=O) groups is 3. The zero-order chi connectivity index (χ0) is 99.1. The summed E-state index contributed by atoms with van der Waals surface area (Å²) in [6.45, 7) is 12.4. The van der Waals surface area contributed by atoms with Gasteiger partial charge in [0.2, 0.25) is 17.7 Å². The summed E-state index contributed by atoms with van der Waals surface area (Å²) in [7, 11) is 3.62. The van der Waals surface area contributed by atoms with E-state index in [-0.39, 0.29) is 61.8 Å². The van der Waals surface area contributed by atoms with Gasteiger partial charge in [-0.2, -0.15) is 20.4 Å². The molecule has 0 fully saturated rings. The van der Waals surface area contributed by atoms with Crippen LogP contribution in [-0.4, -0.2) is 215 Å². The molecule has 40 heteroatoms. The normalized spacial score (nSPS) is 17.3. The first-order valence-corrected chi connectivity index (χ1v) is 48.6. The number of nitrogens with one attached hydrogen (secondary N) is 5. The van der Waals surface area contributed by atoms with Crippen molar-refractivity contribution in [2.45, 2.75) is 188 Å². The van der Waals surface area contributed by atoms with Gasteiger partial charge in [0.1, 0.15) is 72.0 Å². The fourth-order valence-electron chi connectivity index (χ4n) is 20.7. The maximum Gasteiger partial charge on any atom is 0.244 e. The molecular formula is C104H109N33O7. The van der Waals surface area contributed by atoms with E-state index in [0.29, 0.717) is 116 Å². The Morgan fingerprint density at radius 1 is 0.340 bits per heavy atom. The number of pyridine rings is 12.